The molecule has 1 heterocycles. The van der Waals surface area contributed by atoms with Crippen molar-refractivity contribution in [2.45, 2.75) is 36.6 Å². The Bertz CT molecular complexity index is 552. The van der Waals surface area contributed by atoms with Gasteiger partial charge in [-0.2, -0.15) is 4.98 Å². The Labute approximate surface area is 114 Å². The molecule has 0 fully saturated rings. The molecule has 0 aromatic carbocycles. The van der Waals surface area contributed by atoms with Crippen LogP contribution in [-0.2, 0) is 16.6 Å². The first-order valence-corrected chi connectivity index (χ1v) is 6.79. The topological polar surface area (TPSA) is 94.0 Å². The molecular formula is C11H17N3O4S. The quantitative estimate of drug-likeness (QED) is 0.459. The third-order valence-electron chi connectivity index (χ3n) is 2.48. The maximum Gasteiger partial charge on any atom is 0.339 e. The van der Waals surface area contributed by atoms with E-state index in [4.69, 9.17) is 4.74 Å². The number of H-pyrrole nitrogens is 1. The highest BCUT2D eigenvalue weighted by Gasteiger charge is 2.22. The van der Waals surface area contributed by atoms with E-state index in [1.165, 1.54) is 11.8 Å². The summed E-state index contributed by atoms with van der Waals surface area (Å²) in [7, 11) is 2.88. The fourth-order valence-electron chi connectivity index (χ4n) is 1.44. The molecule has 1 N–H and O–H groups in total. The molecule has 8 heteroatoms. The highest BCUT2D eigenvalue weighted by Crippen LogP contribution is 2.24. The van der Waals surface area contributed by atoms with Crippen molar-refractivity contribution in [3.8, 4) is 0 Å². The van der Waals surface area contributed by atoms with E-state index in [-0.39, 0.29) is 11.1 Å². The minimum atomic E-state index is -0.861. The number of aromatic amines is 1. The number of esters is 1. The molecule has 106 valence electrons. The molecule has 0 spiro atoms. The van der Waals surface area contributed by atoms with Crippen LogP contribution in [0.15, 0.2) is 14.7 Å². The number of unbranched alkanes of at least 4 members (excludes halogenated alkanes) is 1. The van der Waals surface area contributed by atoms with Gasteiger partial charge in [0, 0.05) is 7.05 Å². The Morgan fingerprint density at radius 2 is 2.21 bits per heavy atom. The zero-order valence-electron chi connectivity index (χ0n) is 11.1. The maximum atomic E-state index is 11.7. The fraction of sp³-hybridized carbons (Fsp3) is 0.636. The minimum absolute atomic E-state index is 0.288. The van der Waals surface area contributed by atoms with Crippen LogP contribution in [0.25, 0.3) is 0 Å². The van der Waals surface area contributed by atoms with Gasteiger partial charge in [0.05, 0.1) is 7.11 Å². The first kappa shape index (κ1) is 15.5. The summed E-state index contributed by atoms with van der Waals surface area (Å²) in [6, 6.07) is 0. The second-order valence-corrected chi connectivity index (χ2v) is 5.14. The Balaban J connectivity index is 2.95. The van der Waals surface area contributed by atoms with Gasteiger partial charge in [0.15, 0.2) is 5.16 Å². The normalized spacial score (nSPS) is 12.2. The number of ether oxygens (including phenoxy) is 1. The van der Waals surface area contributed by atoms with Gasteiger partial charge < -0.3 is 4.74 Å². The lowest BCUT2D eigenvalue weighted by Gasteiger charge is -2.14. The van der Waals surface area contributed by atoms with Crippen molar-refractivity contribution in [2.24, 2.45) is 7.05 Å². The van der Waals surface area contributed by atoms with Gasteiger partial charge in [-0.05, 0) is 6.42 Å². The number of rotatable bonds is 6. The number of methoxy groups -OCH3 is 1. The van der Waals surface area contributed by atoms with E-state index in [0.717, 1.165) is 24.6 Å². The van der Waals surface area contributed by atoms with Crippen molar-refractivity contribution in [3.63, 3.8) is 0 Å². The standard InChI is InChI=1S/C11H17N3O4S/c1-4-5-6-7(10(17)18-3)19-11-12-8(15)9(16)13-14(11)2/h7H,4-6H2,1-3H3,(H,13,16). The predicted octanol–water partition coefficient (Wildman–Crippen LogP) is 0.292. The lowest BCUT2D eigenvalue weighted by atomic mass is 10.2. The van der Waals surface area contributed by atoms with E-state index in [0.29, 0.717) is 6.42 Å². The molecular weight excluding hydrogens is 270 g/mol. The van der Waals surface area contributed by atoms with Crippen molar-refractivity contribution in [1.82, 2.24) is 14.8 Å². The second kappa shape index (κ2) is 7.13. The van der Waals surface area contributed by atoms with Gasteiger partial charge in [0.25, 0.3) is 0 Å². The van der Waals surface area contributed by atoms with Crippen LogP contribution >= 0.6 is 11.8 Å². The van der Waals surface area contributed by atoms with Crippen LogP contribution in [0.3, 0.4) is 0 Å². The number of thioether (sulfide) groups is 1. The van der Waals surface area contributed by atoms with E-state index < -0.39 is 16.4 Å². The van der Waals surface area contributed by atoms with Crippen LogP contribution < -0.4 is 11.1 Å². The number of carbonyl (C=O) groups is 1. The molecule has 0 amide bonds. The molecule has 1 aromatic rings. The average Bonchev–Trinajstić information content (AvgIpc) is 2.39. The van der Waals surface area contributed by atoms with Gasteiger partial charge in [-0.1, -0.05) is 31.5 Å². The lowest BCUT2D eigenvalue weighted by molar-refractivity contribution is -0.140. The maximum absolute atomic E-state index is 11.7. The molecule has 0 saturated heterocycles. The molecule has 7 nitrogen and oxygen atoms in total. The summed E-state index contributed by atoms with van der Waals surface area (Å²) in [6.45, 7) is 2.02. The predicted molar refractivity (Wildman–Crippen MR) is 71.3 cm³/mol. The van der Waals surface area contributed by atoms with E-state index in [9.17, 15) is 14.4 Å². The van der Waals surface area contributed by atoms with Gasteiger partial charge in [-0.3, -0.25) is 24.2 Å². The van der Waals surface area contributed by atoms with Crippen molar-refractivity contribution < 1.29 is 9.53 Å². The number of hydrogen-bond acceptors (Lipinski definition) is 6. The Hall–Kier alpha value is -1.57. The summed E-state index contributed by atoms with van der Waals surface area (Å²) >= 11 is 1.12. The average molecular weight is 287 g/mol. The van der Waals surface area contributed by atoms with E-state index >= 15 is 0 Å². The smallest absolute Gasteiger partial charge is 0.339 e. The number of nitrogens with one attached hydrogen (secondary N) is 1. The molecule has 0 aliphatic carbocycles. The number of aromatic nitrogens is 3. The third kappa shape index (κ3) is 4.23. The van der Waals surface area contributed by atoms with E-state index in [2.05, 4.69) is 10.1 Å². The molecule has 0 radical (unpaired) electrons. The van der Waals surface area contributed by atoms with Gasteiger partial charge in [-0.15, -0.1) is 0 Å². The summed E-state index contributed by atoms with van der Waals surface area (Å²) in [4.78, 5) is 37.6. The third-order valence-corrected chi connectivity index (χ3v) is 3.77. The van der Waals surface area contributed by atoms with Crippen molar-refractivity contribution in [2.75, 3.05) is 7.11 Å². The minimum Gasteiger partial charge on any atom is -0.468 e. The molecule has 1 rings (SSSR count). The largest absolute Gasteiger partial charge is 0.468 e. The van der Waals surface area contributed by atoms with Crippen molar-refractivity contribution in [1.29, 1.82) is 0 Å². The Kier molecular flexibility index (Phi) is 5.81. The molecule has 1 aromatic heterocycles. The zero-order valence-corrected chi connectivity index (χ0v) is 12.0. The van der Waals surface area contributed by atoms with E-state index in [1.807, 2.05) is 6.92 Å². The molecule has 0 bridgehead atoms. The first-order chi connectivity index (χ1) is 8.99. The summed E-state index contributed by atoms with van der Waals surface area (Å²) in [5, 5.41) is 2.19. The van der Waals surface area contributed by atoms with Gasteiger partial charge >= 0.3 is 17.1 Å². The zero-order chi connectivity index (χ0) is 14.4. The van der Waals surface area contributed by atoms with Crippen molar-refractivity contribution in [3.05, 3.63) is 20.7 Å². The highest BCUT2D eigenvalue weighted by molar-refractivity contribution is 8.00. The van der Waals surface area contributed by atoms with E-state index in [1.54, 1.807) is 7.05 Å². The van der Waals surface area contributed by atoms with Crippen LogP contribution in [-0.4, -0.2) is 33.1 Å². The van der Waals surface area contributed by atoms with Crippen LogP contribution in [0, 0.1) is 0 Å². The number of nitrogens with zero attached hydrogens (tertiary/aromatic N) is 2. The first-order valence-electron chi connectivity index (χ1n) is 5.91. The van der Waals surface area contributed by atoms with Crippen LogP contribution in [0.2, 0.25) is 0 Å². The molecule has 1 unspecified atom stereocenters. The van der Waals surface area contributed by atoms with Gasteiger partial charge in [0.2, 0.25) is 0 Å². The lowest BCUT2D eigenvalue weighted by Crippen LogP contribution is -2.34. The second-order valence-electron chi connectivity index (χ2n) is 3.97. The summed E-state index contributed by atoms with van der Waals surface area (Å²) in [5.41, 5.74) is -1.64. The molecule has 0 aliphatic heterocycles. The fourth-order valence-corrected chi connectivity index (χ4v) is 2.51. The molecule has 1 atom stereocenters. The monoisotopic (exact) mass is 287 g/mol. The van der Waals surface area contributed by atoms with Crippen molar-refractivity contribution >= 4 is 17.7 Å². The summed E-state index contributed by atoms with van der Waals surface area (Å²) in [6.07, 6.45) is 2.44. The SMILES string of the molecule is CCCCC(Sc1nc(=O)c(=O)[nH]n1C)C(=O)OC. The number of hydrogen-bond donors (Lipinski definition) is 1. The Morgan fingerprint density at radius 1 is 1.53 bits per heavy atom. The number of carbonyl (C=O) groups excluding carboxylic acids is 1. The Morgan fingerprint density at radius 3 is 2.79 bits per heavy atom. The molecule has 0 aliphatic rings. The van der Waals surface area contributed by atoms with Crippen LogP contribution in [0.1, 0.15) is 26.2 Å². The van der Waals surface area contributed by atoms with Gasteiger partial charge in [0.1, 0.15) is 5.25 Å². The molecule has 0 saturated carbocycles. The van der Waals surface area contributed by atoms with Crippen LogP contribution in [0.4, 0.5) is 0 Å². The van der Waals surface area contributed by atoms with Crippen LogP contribution in [0.5, 0.6) is 0 Å². The molecule has 19 heavy (non-hydrogen) atoms. The summed E-state index contributed by atoms with van der Waals surface area (Å²) in [5.74, 6) is -0.362. The highest BCUT2D eigenvalue weighted by atomic mass is 32.2. The van der Waals surface area contributed by atoms with Gasteiger partial charge in [-0.25, -0.2) is 0 Å². The number of aryl methyl sites for hydroxylation is 1. The summed E-state index contributed by atoms with van der Waals surface area (Å²) < 4.78 is 6.06.